The lowest BCUT2D eigenvalue weighted by atomic mass is 10.2. The van der Waals surface area contributed by atoms with Crippen molar-refractivity contribution in [1.29, 1.82) is 0 Å². The molecule has 0 N–H and O–H groups in total. The Bertz CT molecular complexity index is 1310. The van der Waals surface area contributed by atoms with E-state index in [1.54, 1.807) is 42.5 Å². The highest BCUT2D eigenvalue weighted by Gasteiger charge is 2.26. The van der Waals surface area contributed by atoms with E-state index in [0.29, 0.717) is 48.3 Å². The first kappa shape index (κ1) is 22.8. The van der Waals surface area contributed by atoms with E-state index in [-0.39, 0.29) is 12.2 Å². The van der Waals surface area contributed by atoms with Crippen LogP contribution in [0.5, 0.6) is 5.75 Å². The summed E-state index contributed by atoms with van der Waals surface area (Å²) in [5.74, 6) is 0.0412. The van der Waals surface area contributed by atoms with Crippen molar-refractivity contribution in [2.24, 2.45) is 0 Å². The summed E-state index contributed by atoms with van der Waals surface area (Å²) in [5, 5.41) is 4.62. The molecule has 0 spiro atoms. The van der Waals surface area contributed by atoms with Gasteiger partial charge in [0.25, 0.3) is 11.5 Å². The first-order valence-corrected chi connectivity index (χ1v) is 10.8. The Morgan fingerprint density at radius 1 is 1.15 bits per heavy atom. The number of amides is 1. The molecule has 0 radical (unpaired) electrons. The van der Waals surface area contributed by atoms with Gasteiger partial charge in [0, 0.05) is 18.1 Å². The van der Waals surface area contributed by atoms with Crippen LogP contribution in [-0.2, 0) is 11.3 Å². The average molecular weight is 471 g/mol. The van der Waals surface area contributed by atoms with Gasteiger partial charge in [-0.15, -0.1) is 0 Å². The SMILES string of the molecule is COc1cccc(Cn2c(=O)c(C(=O)N3CCOCC3)nn(-c3ccc(C)c(Cl)c3)c2=O)c1. The summed E-state index contributed by atoms with van der Waals surface area (Å²) >= 11 is 6.26. The van der Waals surface area contributed by atoms with Crippen LogP contribution in [0, 0.1) is 6.92 Å². The largest absolute Gasteiger partial charge is 0.497 e. The van der Waals surface area contributed by atoms with E-state index in [9.17, 15) is 14.4 Å². The van der Waals surface area contributed by atoms with E-state index in [0.717, 1.165) is 14.8 Å². The highest BCUT2D eigenvalue weighted by molar-refractivity contribution is 6.31. The van der Waals surface area contributed by atoms with Gasteiger partial charge in [-0.1, -0.05) is 29.8 Å². The van der Waals surface area contributed by atoms with Gasteiger partial charge in [-0.25, -0.2) is 4.79 Å². The molecule has 10 heteroatoms. The topological polar surface area (TPSA) is 95.7 Å². The quantitative estimate of drug-likeness (QED) is 0.565. The molecular weight excluding hydrogens is 448 g/mol. The summed E-state index contributed by atoms with van der Waals surface area (Å²) in [7, 11) is 1.53. The second kappa shape index (κ2) is 9.60. The van der Waals surface area contributed by atoms with Crippen molar-refractivity contribution >= 4 is 17.5 Å². The molecular formula is C23H23ClN4O5. The van der Waals surface area contributed by atoms with Crippen LogP contribution < -0.4 is 16.0 Å². The Morgan fingerprint density at radius 3 is 2.61 bits per heavy atom. The van der Waals surface area contributed by atoms with Crippen LogP contribution >= 0.6 is 11.6 Å². The summed E-state index contributed by atoms with van der Waals surface area (Å²) in [4.78, 5) is 41.3. The van der Waals surface area contributed by atoms with Gasteiger partial charge in [-0.3, -0.25) is 14.2 Å². The number of rotatable bonds is 5. The first-order valence-electron chi connectivity index (χ1n) is 10.4. The van der Waals surface area contributed by atoms with E-state index in [1.165, 1.54) is 12.0 Å². The number of methoxy groups -OCH3 is 1. The fourth-order valence-electron chi connectivity index (χ4n) is 3.54. The van der Waals surface area contributed by atoms with Gasteiger partial charge < -0.3 is 14.4 Å². The zero-order chi connectivity index (χ0) is 23.5. The van der Waals surface area contributed by atoms with Gasteiger partial charge in [-0.2, -0.15) is 9.78 Å². The molecule has 0 aliphatic carbocycles. The molecule has 1 fully saturated rings. The number of aromatic nitrogens is 3. The first-order chi connectivity index (χ1) is 15.9. The molecule has 1 aliphatic heterocycles. The summed E-state index contributed by atoms with van der Waals surface area (Å²) in [6, 6.07) is 12.0. The van der Waals surface area contributed by atoms with Gasteiger partial charge in [0.05, 0.1) is 32.6 Å². The number of aryl methyl sites for hydroxylation is 1. The molecule has 4 rings (SSSR count). The molecule has 0 bridgehead atoms. The predicted octanol–water partition coefficient (Wildman–Crippen LogP) is 1.89. The third kappa shape index (κ3) is 4.69. The number of hydrogen-bond donors (Lipinski definition) is 0. The zero-order valence-electron chi connectivity index (χ0n) is 18.3. The van der Waals surface area contributed by atoms with Gasteiger partial charge in [0.2, 0.25) is 5.69 Å². The molecule has 1 aliphatic rings. The van der Waals surface area contributed by atoms with Crippen molar-refractivity contribution in [3.8, 4) is 11.4 Å². The number of ether oxygens (including phenoxy) is 2. The maximum Gasteiger partial charge on any atom is 0.352 e. The fraction of sp³-hybridized carbons (Fsp3) is 0.304. The lowest BCUT2D eigenvalue weighted by Gasteiger charge is -2.26. The standard InChI is InChI=1S/C23H23ClN4O5/c1-15-6-7-17(13-19(15)24)28-23(31)27(14-16-4-3-5-18(12-16)32-2)22(30)20(25-28)21(29)26-8-10-33-11-9-26/h3-7,12-13H,8-11,14H2,1-2H3. The molecule has 1 amide bonds. The second-order valence-corrected chi connectivity index (χ2v) is 8.03. The van der Waals surface area contributed by atoms with Gasteiger partial charge in [0.15, 0.2) is 0 Å². The predicted molar refractivity (Wildman–Crippen MR) is 123 cm³/mol. The number of halogens is 1. The summed E-state index contributed by atoms with van der Waals surface area (Å²) in [6.07, 6.45) is 0. The third-order valence-corrected chi connectivity index (χ3v) is 5.84. The number of morpholine rings is 1. The van der Waals surface area contributed by atoms with Gasteiger partial charge >= 0.3 is 5.69 Å². The van der Waals surface area contributed by atoms with Crippen molar-refractivity contribution in [1.82, 2.24) is 19.2 Å². The Morgan fingerprint density at radius 2 is 1.91 bits per heavy atom. The number of carbonyl (C=O) groups is 1. The Kier molecular flexibility index (Phi) is 6.62. The number of carbonyl (C=O) groups excluding carboxylic acids is 1. The second-order valence-electron chi connectivity index (χ2n) is 7.62. The monoisotopic (exact) mass is 470 g/mol. The lowest BCUT2D eigenvalue weighted by molar-refractivity contribution is 0.0295. The smallest absolute Gasteiger partial charge is 0.352 e. The maximum absolute atomic E-state index is 13.3. The van der Waals surface area contributed by atoms with E-state index >= 15 is 0 Å². The molecule has 0 atom stereocenters. The third-order valence-electron chi connectivity index (χ3n) is 5.44. The molecule has 0 saturated carbocycles. The van der Waals surface area contributed by atoms with Crippen LogP contribution in [0.25, 0.3) is 5.69 Å². The molecule has 2 heterocycles. The van der Waals surface area contributed by atoms with Crippen molar-refractivity contribution < 1.29 is 14.3 Å². The minimum atomic E-state index is -0.756. The summed E-state index contributed by atoms with van der Waals surface area (Å²) in [6.45, 7) is 3.20. The van der Waals surface area contributed by atoms with Crippen LogP contribution in [0.3, 0.4) is 0 Å². The molecule has 2 aromatic carbocycles. The van der Waals surface area contributed by atoms with E-state index < -0.39 is 17.2 Å². The highest BCUT2D eigenvalue weighted by Crippen LogP contribution is 2.18. The van der Waals surface area contributed by atoms with Crippen molar-refractivity contribution in [2.75, 3.05) is 33.4 Å². The van der Waals surface area contributed by atoms with Crippen molar-refractivity contribution in [2.45, 2.75) is 13.5 Å². The van der Waals surface area contributed by atoms with Gasteiger partial charge in [-0.05, 0) is 42.3 Å². The normalized spacial score (nSPS) is 13.7. The van der Waals surface area contributed by atoms with E-state index in [2.05, 4.69) is 5.10 Å². The zero-order valence-corrected chi connectivity index (χ0v) is 19.0. The van der Waals surface area contributed by atoms with E-state index in [1.807, 2.05) is 6.92 Å². The minimum absolute atomic E-state index is 0.0552. The fourth-order valence-corrected chi connectivity index (χ4v) is 3.71. The molecule has 1 saturated heterocycles. The van der Waals surface area contributed by atoms with Crippen LogP contribution in [0.2, 0.25) is 5.02 Å². The summed E-state index contributed by atoms with van der Waals surface area (Å²) in [5.41, 5.74) is 0.0675. The average Bonchev–Trinajstić information content (AvgIpc) is 2.84. The van der Waals surface area contributed by atoms with Crippen LogP contribution in [0.15, 0.2) is 52.1 Å². The molecule has 9 nitrogen and oxygen atoms in total. The van der Waals surface area contributed by atoms with Gasteiger partial charge in [0.1, 0.15) is 5.75 Å². The van der Waals surface area contributed by atoms with Crippen LogP contribution in [0.4, 0.5) is 0 Å². The number of nitrogens with zero attached hydrogens (tertiary/aromatic N) is 4. The highest BCUT2D eigenvalue weighted by atomic mass is 35.5. The van der Waals surface area contributed by atoms with Crippen LogP contribution in [0.1, 0.15) is 21.6 Å². The summed E-state index contributed by atoms with van der Waals surface area (Å²) < 4.78 is 12.6. The lowest BCUT2D eigenvalue weighted by Crippen LogP contribution is -2.48. The van der Waals surface area contributed by atoms with Crippen molar-refractivity contribution in [3.63, 3.8) is 0 Å². The Labute approximate surface area is 194 Å². The number of benzene rings is 2. The Hall–Kier alpha value is -3.43. The molecule has 172 valence electrons. The maximum atomic E-state index is 13.3. The molecule has 3 aromatic rings. The molecule has 33 heavy (non-hydrogen) atoms. The minimum Gasteiger partial charge on any atom is -0.497 e. The van der Waals surface area contributed by atoms with Crippen LogP contribution in [-0.4, -0.2) is 58.6 Å². The van der Waals surface area contributed by atoms with Crippen molar-refractivity contribution in [3.05, 3.63) is 85.1 Å². The Balaban J connectivity index is 1.88. The number of hydrogen-bond acceptors (Lipinski definition) is 6. The molecule has 0 unspecified atom stereocenters. The van der Waals surface area contributed by atoms with E-state index in [4.69, 9.17) is 21.1 Å². The molecule has 1 aromatic heterocycles.